The summed E-state index contributed by atoms with van der Waals surface area (Å²) in [4.78, 5) is 27.7. The average Bonchev–Trinajstić information content (AvgIpc) is 2.69. The van der Waals surface area contributed by atoms with Crippen molar-refractivity contribution in [2.45, 2.75) is 12.2 Å². The molecule has 0 saturated carbocycles. The number of halogens is 4. The van der Waals surface area contributed by atoms with Crippen LogP contribution in [0.2, 0.25) is 0 Å². The van der Waals surface area contributed by atoms with Gasteiger partial charge in [-0.3, -0.25) is 14.5 Å². The van der Waals surface area contributed by atoms with Crippen LogP contribution in [0.3, 0.4) is 0 Å². The van der Waals surface area contributed by atoms with Crippen molar-refractivity contribution >= 4 is 11.8 Å². The van der Waals surface area contributed by atoms with Crippen molar-refractivity contribution in [1.29, 1.82) is 0 Å². The second kappa shape index (κ2) is 8.20. The van der Waals surface area contributed by atoms with Crippen molar-refractivity contribution in [2.75, 3.05) is 26.2 Å². The van der Waals surface area contributed by atoms with E-state index in [0.29, 0.717) is 5.56 Å². The highest BCUT2D eigenvalue weighted by Gasteiger charge is 2.37. The number of piperazine rings is 1. The maximum absolute atomic E-state index is 13.2. The molecular formula is C20H19F4N3O2. The van der Waals surface area contributed by atoms with Gasteiger partial charge in [0.1, 0.15) is 11.9 Å². The van der Waals surface area contributed by atoms with Crippen molar-refractivity contribution in [3.63, 3.8) is 0 Å². The number of nitrogens with two attached hydrogens (primary N) is 1. The molecule has 1 aliphatic heterocycles. The number of alkyl halides is 3. The van der Waals surface area contributed by atoms with Crippen LogP contribution in [0.4, 0.5) is 17.6 Å². The summed E-state index contributed by atoms with van der Waals surface area (Å²) in [6.07, 6.45) is -4.63. The fraction of sp³-hybridized carbons (Fsp3) is 0.300. The minimum atomic E-state index is -4.63. The summed E-state index contributed by atoms with van der Waals surface area (Å²) in [5.74, 6) is -1.79. The molecule has 2 aromatic rings. The van der Waals surface area contributed by atoms with Gasteiger partial charge in [-0.25, -0.2) is 4.39 Å². The number of carbonyl (C=O) groups excluding carboxylic acids is 2. The molecule has 1 saturated heterocycles. The van der Waals surface area contributed by atoms with Crippen LogP contribution in [0.1, 0.15) is 27.5 Å². The van der Waals surface area contributed by atoms with Crippen LogP contribution < -0.4 is 5.73 Å². The van der Waals surface area contributed by atoms with E-state index in [0.717, 1.165) is 12.1 Å². The normalized spacial score (nSPS) is 16.5. The molecule has 0 aliphatic carbocycles. The summed E-state index contributed by atoms with van der Waals surface area (Å²) < 4.78 is 52.7. The molecular weight excluding hydrogens is 390 g/mol. The lowest BCUT2D eigenvalue weighted by molar-refractivity contribution is -0.138. The number of hydrogen-bond acceptors (Lipinski definition) is 3. The van der Waals surface area contributed by atoms with Gasteiger partial charge in [-0.1, -0.05) is 24.3 Å². The van der Waals surface area contributed by atoms with Crippen molar-refractivity contribution < 1.29 is 27.2 Å². The highest BCUT2D eigenvalue weighted by molar-refractivity contribution is 5.96. The molecule has 1 fully saturated rings. The smallest absolute Gasteiger partial charge is 0.368 e. The quantitative estimate of drug-likeness (QED) is 0.790. The summed E-state index contributed by atoms with van der Waals surface area (Å²) in [6, 6.07) is 9.20. The first-order chi connectivity index (χ1) is 13.7. The molecule has 29 heavy (non-hydrogen) atoms. The van der Waals surface area contributed by atoms with Crippen molar-refractivity contribution in [3.05, 3.63) is 71.0 Å². The predicted molar refractivity (Wildman–Crippen MR) is 97.3 cm³/mol. The monoisotopic (exact) mass is 409 g/mol. The Morgan fingerprint density at radius 1 is 0.931 bits per heavy atom. The van der Waals surface area contributed by atoms with E-state index in [1.165, 1.54) is 41.3 Å². The Balaban J connectivity index is 1.74. The minimum Gasteiger partial charge on any atom is -0.368 e. The van der Waals surface area contributed by atoms with Crippen LogP contribution in [-0.4, -0.2) is 47.8 Å². The topological polar surface area (TPSA) is 66.6 Å². The third kappa shape index (κ3) is 4.56. The third-order valence-corrected chi connectivity index (χ3v) is 4.88. The van der Waals surface area contributed by atoms with Crippen molar-refractivity contribution in [3.8, 4) is 0 Å². The zero-order valence-electron chi connectivity index (χ0n) is 15.3. The molecule has 0 bridgehead atoms. The molecule has 1 heterocycles. The van der Waals surface area contributed by atoms with Gasteiger partial charge in [-0.2, -0.15) is 13.2 Å². The molecule has 0 spiro atoms. The van der Waals surface area contributed by atoms with Crippen LogP contribution in [0, 0.1) is 5.82 Å². The van der Waals surface area contributed by atoms with Gasteiger partial charge in [0.2, 0.25) is 5.91 Å². The number of nitrogens with zero attached hydrogens (tertiary/aromatic N) is 2. The van der Waals surface area contributed by atoms with Gasteiger partial charge in [0, 0.05) is 26.2 Å². The van der Waals surface area contributed by atoms with E-state index in [-0.39, 0.29) is 26.2 Å². The zero-order chi connectivity index (χ0) is 21.2. The Morgan fingerprint density at radius 3 is 2.07 bits per heavy atom. The Morgan fingerprint density at radius 2 is 1.52 bits per heavy atom. The summed E-state index contributed by atoms with van der Waals surface area (Å²) in [6.45, 7) is 0.752. The van der Waals surface area contributed by atoms with Gasteiger partial charge < -0.3 is 10.6 Å². The minimum absolute atomic E-state index is 0.135. The van der Waals surface area contributed by atoms with Crippen molar-refractivity contribution in [1.82, 2.24) is 9.80 Å². The SMILES string of the molecule is NC(=O)[C@@H](c1ccc(F)cc1)N1CCN(C(=O)c2ccccc2C(F)(F)F)CC1. The Bertz CT molecular complexity index is 891. The molecule has 3 rings (SSSR count). The molecule has 0 unspecified atom stereocenters. The van der Waals surface area contributed by atoms with Crippen LogP contribution >= 0.6 is 0 Å². The molecule has 1 aliphatic rings. The largest absolute Gasteiger partial charge is 0.417 e. The lowest BCUT2D eigenvalue weighted by atomic mass is 10.0. The number of hydrogen-bond donors (Lipinski definition) is 1. The summed E-state index contributed by atoms with van der Waals surface area (Å²) in [5.41, 5.74) is 4.64. The number of primary amides is 1. The second-order valence-electron chi connectivity index (χ2n) is 6.73. The van der Waals surface area contributed by atoms with Gasteiger partial charge in [0.05, 0.1) is 11.1 Å². The lowest BCUT2D eigenvalue weighted by Gasteiger charge is -2.38. The molecule has 9 heteroatoms. The van der Waals surface area contributed by atoms with Gasteiger partial charge >= 0.3 is 6.18 Å². The summed E-state index contributed by atoms with van der Waals surface area (Å²) in [7, 11) is 0. The lowest BCUT2D eigenvalue weighted by Crippen LogP contribution is -2.52. The Kier molecular flexibility index (Phi) is 5.88. The first-order valence-electron chi connectivity index (χ1n) is 8.93. The molecule has 1 atom stereocenters. The summed E-state index contributed by atoms with van der Waals surface area (Å²) >= 11 is 0. The number of rotatable bonds is 4. The predicted octanol–water partition coefficient (Wildman–Crippen LogP) is 2.83. The van der Waals surface area contributed by atoms with E-state index >= 15 is 0 Å². The van der Waals surface area contributed by atoms with E-state index in [9.17, 15) is 27.2 Å². The van der Waals surface area contributed by atoms with Gasteiger partial charge in [0.15, 0.2) is 0 Å². The number of benzene rings is 2. The van der Waals surface area contributed by atoms with Crippen LogP contribution in [0.25, 0.3) is 0 Å². The fourth-order valence-corrected chi connectivity index (χ4v) is 3.47. The molecule has 2 amide bonds. The molecule has 0 radical (unpaired) electrons. The molecule has 5 nitrogen and oxygen atoms in total. The van der Waals surface area contributed by atoms with Crippen LogP contribution in [0.15, 0.2) is 48.5 Å². The first kappa shape index (κ1) is 20.8. The van der Waals surface area contributed by atoms with Gasteiger partial charge in [-0.05, 0) is 29.8 Å². The number of amides is 2. The molecule has 154 valence electrons. The molecule has 2 N–H and O–H groups in total. The highest BCUT2D eigenvalue weighted by Crippen LogP contribution is 2.32. The maximum Gasteiger partial charge on any atom is 0.417 e. The average molecular weight is 409 g/mol. The fourth-order valence-electron chi connectivity index (χ4n) is 3.47. The second-order valence-corrected chi connectivity index (χ2v) is 6.73. The van der Waals surface area contributed by atoms with E-state index < -0.39 is 41.0 Å². The number of carbonyl (C=O) groups is 2. The van der Waals surface area contributed by atoms with Gasteiger partial charge in [-0.15, -0.1) is 0 Å². The highest BCUT2D eigenvalue weighted by atomic mass is 19.4. The van der Waals surface area contributed by atoms with Crippen molar-refractivity contribution in [2.24, 2.45) is 5.73 Å². The first-order valence-corrected chi connectivity index (χ1v) is 8.93. The Labute approximate surface area is 164 Å². The summed E-state index contributed by atoms with van der Waals surface area (Å²) in [5, 5.41) is 0. The van der Waals surface area contributed by atoms with Crippen LogP contribution in [0.5, 0.6) is 0 Å². The van der Waals surface area contributed by atoms with E-state index in [1.54, 1.807) is 4.90 Å². The molecule has 0 aromatic heterocycles. The van der Waals surface area contributed by atoms with E-state index in [1.807, 2.05) is 0 Å². The molecule has 2 aromatic carbocycles. The zero-order valence-corrected chi connectivity index (χ0v) is 15.3. The van der Waals surface area contributed by atoms with E-state index in [4.69, 9.17) is 5.73 Å². The van der Waals surface area contributed by atoms with Crippen LogP contribution in [-0.2, 0) is 11.0 Å². The maximum atomic E-state index is 13.2. The van der Waals surface area contributed by atoms with E-state index in [2.05, 4.69) is 0 Å². The third-order valence-electron chi connectivity index (χ3n) is 4.88. The Hall–Kier alpha value is -2.94. The van der Waals surface area contributed by atoms with Gasteiger partial charge in [0.25, 0.3) is 5.91 Å². The standard InChI is InChI=1S/C20H19F4N3O2/c21-14-7-5-13(6-8-14)17(18(25)28)26-9-11-27(12-10-26)19(29)15-3-1-2-4-16(15)20(22,23)24/h1-8,17H,9-12H2,(H2,25,28)/t17-/m1/s1.